The van der Waals surface area contributed by atoms with Crippen LogP contribution in [0.4, 0.5) is 5.82 Å². The van der Waals surface area contributed by atoms with Crippen molar-refractivity contribution < 1.29 is 9.21 Å². The van der Waals surface area contributed by atoms with E-state index < -0.39 is 0 Å². The Morgan fingerprint density at radius 3 is 2.64 bits per heavy atom. The molecule has 0 N–H and O–H groups in total. The molecule has 8 nitrogen and oxygen atoms in total. The molecule has 2 aliphatic rings. The summed E-state index contributed by atoms with van der Waals surface area (Å²) >= 11 is 0. The topological polar surface area (TPSA) is 79.8 Å². The van der Waals surface area contributed by atoms with Gasteiger partial charge in [-0.1, -0.05) is 0 Å². The number of piperazine rings is 1. The van der Waals surface area contributed by atoms with Gasteiger partial charge in [-0.15, -0.1) is 0 Å². The summed E-state index contributed by atoms with van der Waals surface area (Å²) in [7, 11) is 0. The molecule has 3 aromatic heterocycles. The van der Waals surface area contributed by atoms with Gasteiger partial charge < -0.3 is 14.2 Å². The molecule has 28 heavy (non-hydrogen) atoms. The van der Waals surface area contributed by atoms with Crippen LogP contribution in [0.25, 0.3) is 5.78 Å². The lowest BCUT2D eigenvalue weighted by Crippen LogP contribution is -2.49. The molecular weight excluding hydrogens is 356 g/mol. The molecule has 1 fully saturated rings. The Morgan fingerprint density at radius 2 is 1.89 bits per heavy atom. The van der Waals surface area contributed by atoms with Crippen molar-refractivity contribution in [3.8, 4) is 0 Å². The molecule has 1 aliphatic heterocycles. The van der Waals surface area contributed by atoms with E-state index in [1.54, 1.807) is 6.33 Å². The third-order valence-electron chi connectivity index (χ3n) is 5.81. The second-order valence-corrected chi connectivity index (χ2v) is 7.65. The molecule has 0 bridgehead atoms. The van der Waals surface area contributed by atoms with Crippen molar-refractivity contribution in [1.29, 1.82) is 0 Å². The number of hydrogen-bond donors (Lipinski definition) is 0. The predicted octanol–water partition coefficient (Wildman–Crippen LogP) is 2.18. The minimum Gasteiger partial charge on any atom is -0.466 e. The van der Waals surface area contributed by atoms with Crippen LogP contribution in [-0.2, 0) is 12.8 Å². The van der Waals surface area contributed by atoms with E-state index in [2.05, 4.69) is 15.0 Å². The summed E-state index contributed by atoms with van der Waals surface area (Å²) in [5, 5.41) is 4.43. The Morgan fingerprint density at radius 1 is 1.11 bits per heavy atom. The van der Waals surface area contributed by atoms with Gasteiger partial charge >= 0.3 is 0 Å². The first kappa shape index (κ1) is 17.2. The van der Waals surface area contributed by atoms with Crippen molar-refractivity contribution in [1.82, 2.24) is 24.5 Å². The van der Waals surface area contributed by atoms with Crippen LogP contribution < -0.4 is 4.90 Å². The molecule has 1 saturated heterocycles. The molecule has 1 amide bonds. The van der Waals surface area contributed by atoms with E-state index in [4.69, 9.17) is 9.40 Å². The molecule has 3 aromatic rings. The zero-order chi connectivity index (χ0) is 19.3. The molecular formula is C20H24N6O2. The minimum atomic E-state index is 0.0525. The summed E-state index contributed by atoms with van der Waals surface area (Å²) in [4.78, 5) is 26.2. The smallest absolute Gasteiger partial charge is 0.257 e. The van der Waals surface area contributed by atoms with Gasteiger partial charge in [-0.3, -0.25) is 4.79 Å². The number of fused-ring (bicyclic) bond motifs is 2. The standard InChI is InChI=1S/C20H24N6O2/c1-13-11-16(14(2)28-13)19(27)25-9-7-24(8-10-25)18-15-5-3-4-6-17(15)23-20-21-12-22-26(18)20/h11-12H,3-10H2,1-2H3. The predicted molar refractivity (Wildman–Crippen MR) is 104 cm³/mol. The quantitative estimate of drug-likeness (QED) is 0.678. The molecule has 0 atom stereocenters. The number of rotatable bonds is 2. The number of amides is 1. The third-order valence-corrected chi connectivity index (χ3v) is 5.81. The van der Waals surface area contributed by atoms with Gasteiger partial charge in [-0.05, 0) is 45.6 Å². The zero-order valence-electron chi connectivity index (χ0n) is 16.3. The first-order chi connectivity index (χ1) is 13.6. The summed E-state index contributed by atoms with van der Waals surface area (Å²) in [6.07, 6.45) is 5.96. The van der Waals surface area contributed by atoms with E-state index >= 15 is 0 Å². The third kappa shape index (κ3) is 2.75. The molecule has 0 spiro atoms. The van der Waals surface area contributed by atoms with Crippen LogP contribution >= 0.6 is 0 Å². The van der Waals surface area contributed by atoms with Crippen molar-refractivity contribution in [2.75, 3.05) is 31.1 Å². The van der Waals surface area contributed by atoms with E-state index in [-0.39, 0.29) is 5.91 Å². The van der Waals surface area contributed by atoms with E-state index in [0.717, 1.165) is 43.2 Å². The normalized spacial score (nSPS) is 17.2. The van der Waals surface area contributed by atoms with Gasteiger partial charge in [0.1, 0.15) is 23.7 Å². The molecule has 0 radical (unpaired) electrons. The van der Waals surface area contributed by atoms with Crippen LogP contribution in [0.2, 0.25) is 0 Å². The Bertz CT molecular complexity index is 1040. The highest BCUT2D eigenvalue weighted by Crippen LogP contribution is 2.30. The number of aryl methyl sites for hydroxylation is 3. The Balaban J connectivity index is 1.41. The van der Waals surface area contributed by atoms with E-state index in [1.165, 1.54) is 18.4 Å². The highest BCUT2D eigenvalue weighted by Gasteiger charge is 2.29. The number of furan rings is 1. The van der Waals surface area contributed by atoms with Crippen molar-refractivity contribution in [3.05, 3.63) is 40.7 Å². The minimum absolute atomic E-state index is 0.0525. The van der Waals surface area contributed by atoms with Crippen LogP contribution in [0.15, 0.2) is 16.8 Å². The Kier molecular flexibility index (Phi) is 4.07. The van der Waals surface area contributed by atoms with Crippen LogP contribution in [0.3, 0.4) is 0 Å². The van der Waals surface area contributed by atoms with Crippen molar-refractivity contribution >= 4 is 17.5 Å². The fourth-order valence-corrected chi connectivity index (χ4v) is 4.42. The molecule has 146 valence electrons. The van der Waals surface area contributed by atoms with Gasteiger partial charge in [0.25, 0.3) is 11.7 Å². The SMILES string of the molecule is Cc1cc(C(=O)N2CCN(c3c4c(nc5ncnn35)CCCC4)CC2)c(C)o1. The van der Waals surface area contributed by atoms with Crippen LogP contribution in [0.1, 0.15) is 46.0 Å². The Labute approximate surface area is 163 Å². The van der Waals surface area contributed by atoms with Crippen LogP contribution in [0, 0.1) is 13.8 Å². The van der Waals surface area contributed by atoms with Crippen molar-refractivity contribution in [3.63, 3.8) is 0 Å². The maximum Gasteiger partial charge on any atom is 0.257 e. The summed E-state index contributed by atoms with van der Waals surface area (Å²) in [6, 6.07) is 1.84. The van der Waals surface area contributed by atoms with Gasteiger partial charge in [-0.25, -0.2) is 4.98 Å². The maximum atomic E-state index is 12.9. The van der Waals surface area contributed by atoms with Crippen LogP contribution in [0.5, 0.6) is 0 Å². The average molecular weight is 380 g/mol. The molecule has 4 heterocycles. The number of hydrogen-bond acceptors (Lipinski definition) is 6. The lowest BCUT2D eigenvalue weighted by Gasteiger charge is -2.37. The second-order valence-electron chi connectivity index (χ2n) is 7.65. The van der Waals surface area contributed by atoms with Gasteiger partial charge in [0.15, 0.2) is 0 Å². The molecule has 5 rings (SSSR count). The van der Waals surface area contributed by atoms with Crippen molar-refractivity contribution in [2.45, 2.75) is 39.5 Å². The first-order valence-electron chi connectivity index (χ1n) is 9.94. The molecule has 0 aromatic carbocycles. The molecule has 1 aliphatic carbocycles. The molecule has 0 unspecified atom stereocenters. The van der Waals surface area contributed by atoms with Gasteiger partial charge in [0.05, 0.1) is 11.3 Å². The molecule has 0 saturated carbocycles. The van der Waals surface area contributed by atoms with E-state index in [1.807, 2.05) is 29.3 Å². The maximum absolute atomic E-state index is 12.9. The number of anilines is 1. The lowest BCUT2D eigenvalue weighted by molar-refractivity contribution is 0.0744. The van der Waals surface area contributed by atoms with Gasteiger partial charge in [-0.2, -0.15) is 14.6 Å². The van der Waals surface area contributed by atoms with Crippen LogP contribution in [-0.4, -0.2) is 56.6 Å². The first-order valence-corrected chi connectivity index (χ1v) is 9.94. The average Bonchev–Trinajstić information content (AvgIpc) is 3.31. The Hall–Kier alpha value is -2.90. The molecule has 8 heteroatoms. The highest BCUT2D eigenvalue weighted by atomic mass is 16.3. The number of nitrogens with zero attached hydrogens (tertiary/aromatic N) is 6. The van der Waals surface area contributed by atoms with E-state index in [0.29, 0.717) is 30.2 Å². The number of aromatic nitrogens is 4. The van der Waals surface area contributed by atoms with Gasteiger partial charge in [0, 0.05) is 31.7 Å². The monoisotopic (exact) mass is 380 g/mol. The zero-order valence-corrected chi connectivity index (χ0v) is 16.3. The second kappa shape index (κ2) is 6.61. The lowest BCUT2D eigenvalue weighted by atomic mass is 9.96. The summed E-state index contributed by atoms with van der Waals surface area (Å²) in [5.41, 5.74) is 3.13. The summed E-state index contributed by atoms with van der Waals surface area (Å²) < 4.78 is 7.40. The number of carbonyl (C=O) groups excluding carboxylic acids is 1. The summed E-state index contributed by atoms with van der Waals surface area (Å²) in [5.74, 6) is 3.30. The largest absolute Gasteiger partial charge is 0.466 e. The number of carbonyl (C=O) groups is 1. The summed E-state index contributed by atoms with van der Waals surface area (Å²) in [6.45, 7) is 6.62. The highest BCUT2D eigenvalue weighted by molar-refractivity contribution is 5.95. The van der Waals surface area contributed by atoms with Crippen molar-refractivity contribution in [2.24, 2.45) is 0 Å². The van der Waals surface area contributed by atoms with Gasteiger partial charge in [0.2, 0.25) is 0 Å². The fourth-order valence-electron chi connectivity index (χ4n) is 4.42. The fraction of sp³-hybridized carbons (Fsp3) is 0.500. The van der Waals surface area contributed by atoms with E-state index in [9.17, 15) is 4.79 Å².